The highest BCUT2D eigenvalue weighted by atomic mass is 16.5. The van der Waals surface area contributed by atoms with Gasteiger partial charge in [-0.15, -0.1) is 0 Å². The van der Waals surface area contributed by atoms with Crippen LogP contribution in [0.4, 0.5) is 0 Å². The fourth-order valence-electron chi connectivity index (χ4n) is 3.13. The summed E-state index contributed by atoms with van der Waals surface area (Å²) in [6, 6.07) is 5.97. The maximum atomic E-state index is 11.4. The summed E-state index contributed by atoms with van der Waals surface area (Å²) in [5.74, 6) is -1.35. The van der Waals surface area contributed by atoms with E-state index in [0.717, 1.165) is 0 Å². The largest absolute Gasteiger partial charge is 0.499 e. The number of nitrogens with two attached hydrogens (primary N) is 1. The molecule has 1 rings (SSSR count). The summed E-state index contributed by atoms with van der Waals surface area (Å²) in [6.45, 7) is 6.95. The van der Waals surface area contributed by atoms with E-state index in [2.05, 4.69) is 6.07 Å². The molecule has 0 amide bonds. The highest BCUT2D eigenvalue weighted by molar-refractivity contribution is 5.79. The Balaban J connectivity index is 3.57. The molecule has 0 aromatic carbocycles. The van der Waals surface area contributed by atoms with Gasteiger partial charge in [0.25, 0.3) is 0 Å². The second-order valence-electron chi connectivity index (χ2n) is 5.96. The maximum Gasteiger partial charge on any atom is 0.175 e. The molecule has 0 fully saturated rings. The van der Waals surface area contributed by atoms with Gasteiger partial charge < -0.3 is 10.5 Å². The van der Waals surface area contributed by atoms with Crippen molar-refractivity contribution in [2.75, 3.05) is 0 Å². The highest BCUT2D eigenvalue weighted by Crippen LogP contribution is 2.60. The van der Waals surface area contributed by atoms with Crippen LogP contribution in [0.1, 0.15) is 27.7 Å². The predicted molar refractivity (Wildman–Crippen MR) is 82.7 cm³/mol. The van der Waals surface area contributed by atoms with Gasteiger partial charge in [-0.3, -0.25) is 4.79 Å². The standard InChI is InChI=1S/C17H20N4O2/c1-11(2)23-6-5-12(3)17(10-20)15(21)14(7-22)13(4)16(17,8-18)9-19/h5-7,11-13H,21H2,1-4H3/b6-5+/t12-,13-,17-/m1/s1. The van der Waals surface area contributed by atoms with Crippen LogP contribution >= 0.6 is 0 Å². The Morgan fingerprint density at radius 2 is 1.78 bits per heavy atom. The van der Waals surface area contributed by atoms with E-state index in [4.69, 9.17) is 10.5 Å². The number of rotatable bonds is 5. The van der Waals surface area contributed by atoms with Crippen LogP contribution in [0.25, 0.3) is 0 Å². The van der Waals surface area contributed by atoms with Crippen molar-refractivity contribution in [3.63, 3.8) is 0 Å². The van der Waals surface area contributed by atoms with Crippen LogP contribution in [0, 0.1) is 56.7 Å². The van der Waals surface area contributed by atoms with Crippen molar-refractivity contribution in [3.8, 4) is 18.2 Å². The summed E-state index contributed by atoms with van der Waals surface area (Å²) in [5, 5.41) is 29.2. The molecule has 120 valence electrons. The van der Waals surface area contributed by atoms with Gasteiger partial charge in [-0.2, -0.15) is 15.8 Å². The molecule has 0 saturated carbocycles. The lowest BCUT2D eigenvalue weighted by molar-refractivity contribution is -0.105. The molecule has 23 heavy (non-hydrogen) atoms. The third-order valence-corrected chi connectivity index (χ3v) is 4.53. The molecule has 1 aliphatic rings. The fraction of sp³-hybridized carbons (Fsp3) is 0.529. The van der Waals surface area contributed by atoms with Gasteiger partial charge in [0.1, 0.15) is 11.7 Å². The maximum absolute atomic E-state index is 11.4. The zero-order chi connectivity index (χ0) is 17.8. The minimum absolute atomic E-state index is 0.00713. The van der Waals surface area contributed by atoms with Gasteiger partial charge >= 0.3 is 0 Å². The Hall–Kier alpha value is -2.78. The molecule has 3 atom stereocenters. The van der Waals surface area contributed by atoms with E-state index >= 15 is 0 Å². The molecular weight excluding hydrogens is 292 g/mol. The SMILES string of the molecule is CC(C)O/C=C/[C@@H](C)[C@]1(C#N)C(N)=C(C=O)[C@@H](C)C1(C#N)C#N. The first-order valence-corrected chi connectivity index (χ1v) is 7.30. The Morgan fingerprint density at radius 1 is 1.22 bits per heavy atom. The number of carbonyl (C=O) groups excluding carboxylic acids is 1. The summed E-state index contributed by atoms with van der Waals surface area (Å²) < 4.78 is 5.33. The van der Waals surface area contributed by atoms with Gasteiger partial charge in [-0.1, -0.05) is 13.8 Å². The van der Waals surface area contributed by atoms with Crippen LogP contribution in [-0.2, 0) is 9.53 Å². The number of ether oxygens (including phenoxy) is 1. The molecule has 0 radical (unpaired) electrons. The number of aldehydes is 1. The van der Waals surface area contributed by atoms with E-state index in [1.54, 1.807) is 19.9 Å². The van der Waals surface area contributed by atoms with Crippen LogP contribution in [0.15, 0.2) is 23.6 Å². The Kier molecular flexibility index (Phi) is 5.20. The molecule has 0 saturated heterocycles. The molecule has 0 bridgehead atoms. The molecule has 0 aromatic heterocycles. The average Bonchev–Trinajstić information content (AvgIpc) is 2.70. The van der Waals surface area contributed by atoms with Gasteiger partial charge in [0, 0.05) is 23.1 Å². The zero-order valence-corrected chi connectivity index (χ0v) is 13.7. The van der Waals surface area contributed by atoms with E-state index in [9.17, 15) is 20.6 Å². The van der Waals surface area contributed by atoms with Crippen LogP contribution in [-0.4, -0.2) is 12.4 Å². The average molecular weight is 312 g/mol. The normalized spacial score (nSPS) is 27.3. The van der Waals surface area contributed by atoms with Crippen molar-refractivity contribution in [1.29, 1.82) is 15.8 Å². The van der Waals surface area contributed by atoms with Crippen molar-refractivity contribution < 1.29 is 9.53 Å². The quantitative estimate of drug-likeness (QED) is 0.612. The van der Waals surface area contributed by atoms with Gasteiger partial charge in [0.15, 0.2) is 5.41 Å². The third kappa shape index (κ3) is 2.35. The molecular formula is C17H20N4O2. The number of allylic oxidation sites excluding steroid dienone is 3. The van der Waals surface area contributed by atoms with Gasteiger partial charge in [-0.05, 0) is 19.9 Å². The molecule has 2 N–H and O–H groups in total. The van der Waals surface area contributed by atoms with Crippen molar-refractivity contribution in [2.45, 2.75) is 33.8 Å². The number of carbonyl (C=O) groups is 1. The smallest absolute Gasteiger partial charge is 0.175 e. The first-order chi connectivity index (χ1) is 10.8. The van der Waals surface area contributed by atoms with Crippen LogP contribution < -0.4 is 5.73 Å². The second-order valence-corrected chi connectivity index (χ2v) is 5.96. The van der Waals surface area contributed by atoms with E-state index in [-0.39, 0.29) is 17.4 Å². The molecule has 0 unspecified atom stereocenters. The Bertz CT molecular complexity index is 658. The minimum atomic E-state index is -1.73. The molecule has 0 spiro atoms. The summed E-state index contributed by atoms with van der Waals surface area (Å²) in [5.41, 5.74) is 2.87. The highest BCUT2D eigenvalue weighted by Gasteiger charge is 2.66. The molecule has 0 heterocycles. The monoisotopic (exact) mass is 312 g/mol. The van der Waals surface area contributed by atoms with E-state index < -0.39 is 22.7 Å². The topological polar surface area (TPSA) is 124 Å². The number of nitrogens with zero attached hydrogens (tertiary/aromatic N) is 3. The zero-order valence-electron chi connectivity index (χ0n) is 13.7. The second kappa shape index (κ2) is 6.55. The van der Waals surface area contributed by atoms with Crippen molar-refractivity contribution in [2.24, 2.45) is 28.4 Å². The minimum Gasteiger partial charge on any atom is -0.499 e. The first-order valence-electron chi connectivity index (χ1n) is 7.30. The van der Waals surface area contributed by atoms with Crippen LogP contribution in [0.3, 0.4) is 0 Å². The Labute approximate surface area is 136 Å². The first kappa shape index (κ1) is 18.3. The van der Waals surface area contributed by atoms with Crippen molar-refractivity contribution >= 4 is 6.29 Å². The third-order valence-electron chi connectivity index (χ3n) is 4.53. The van der Waals surface area contributed by atoms with Crippen LogP contribution in [0.5, 0.6) is 0 Å². The van der Waals surface area contributed by atoms with Crippen LogP contribution in [0.2, 0.25) is 0 Å². The molecule has 6 nitrogen and oxygen atoms in total. The molecule has 6 heteroatoms. The van der Waals surface area contributed by atoms with Crippen molar-refractivity contribution in [3.05, 3.63) is 23.6 Å². The van der Waals surface area contributed by atoms with E-state index in [0.29, 0.717) is 6.29 Å². The van der Waals surface area contributed by atoms with E-state index in [1.165, 1.54) is 6.26 Å². The summed E-state index contributed by atoms with van der Waals surface area (Å²) >= 11 is 0. The summed E-state index contributed by atoms with van der Waals surface area (Å²) in [6.07, 6.45) is 3.52. The van der Waals surface area contributed by atoms with Gasteiger partial charge in [0.2, 0.25) is 0 Å². The molecule has 0 aliphatic heterocycles. The van der Waals surface area contributed by atoms with Gasteiger partial charge in [0.05, 0.1) is 30.6 Å². The van der Waals surface area contributed by atoms with Gasteiger partial charge in [-0.25, -0.2) is 0 Å². The fourth-order valence-corrected chi connectivity index (χ4v) is 3.13. The number of nitriles is 3. The molecule has 1 aliphatic carbocycles. The summed E-state index contributed by atoms with van der Waals surface area (Å²) in [4.78, 5) is 11.4. The predicted octanol–water partition coefficient (Wildman–Crippen LogP) is 2.17. The number of hydrogen-bond acceptors (Lipinski definition) is 6. The lowest BCUT2D eigenvalue weighted by Gasteiger charge is -2.37. The van der Waals surface area contributed by atoms with Crippen molar-refractivity contribution in [1.82, 2.24) is 0 Å². The lowest BCUT2D eigenvalue weighted by Crippen LogP contribution is -2.46. The lowest BCUT2D eigenvalue weighted by atomic mass is 9.58. The summed E-state index contributed by atoms with van der Waals surface area (Å²) in [7, 11) is 0. The van der Waals surface area contributed by atoms with E-state index in [1.807, 2.05) is 26.0 Å². The molecule has 0 aromatic rings. The number of hydrogen-bond donors (Lipinski definition) is 1. The Morgan fingerprint density at radius 3 is 2.17 bits per heavy atom.